The van der Waals surface area contributed by atoms with Crippen molar-refractivity contribution in [3.63, 3.8) is 0 Å². The zero-order valence-electron chi connectivity index (χ0n) is 15.4. The molecule has 146 valence electrons. The largest absolute Gasteiger partial charge is 0.490 e. The molecule has 0 bridgehead atoms. The van der Waals surface area contributed by atoms with Crippen molar-refractivity contribution in [3.8, 4) is 11.5 Å². The van der Waals surface area contributed by atoms with Gasteiger partial charge < -0.3 is 14.8 Å². The Bertz CT molecular complexity index is 879. The van der Waals surface area contributed by atoms with E-state index in [4.69, 9.17) is 14.6 Å². The number of rotatable bonds is 9. The van der Waals surface area contributed by atoms with Crippen LogP contribution < -0.4 is 19.9 Å². The van der Waals surface area contributed by atoms with Crippen molar-refractivity contribution in [2.45, 2.75) is 25.2 Å². The summed E-state index contributed by atoms with van der Waals surface area (Å²) in [4.78, 5) is 12.4. The van der Waals surface area contributed by atoms with Gasteiger partial charge in [-0.25, -0.2) is 13.6 Å². The molecular formula is C19H24N2O5S. The van der Waals surface area contributed by atoms with Gasteiger partial charge in [0.15, 0.2) is 11.5 Å². The van der Waals surface area contributed by atoms with E-state index in [1.807, 2.05) is 13.8 Å². The Kier molecular flexibility index (Phi) is 7.20. The maximum absolute atomic E-state index is 12.3. The van der Waals surface area contributed by atoms with E-state index in [1.54, 1.807) is 30.3 Å². The van der Waals surface area contributed by atoms with Crippen molar-refractivity contribution < 1.29 is 22.7 Å². The van der Waals surface area contributed by atoms with Crippen LogP contribution in [-0.4, -0.2) is 34.1 Å². The number of carbonyl (C=O) groups excluding carboxylic acids is 1. The summed E-state index contributed by atoms with van der Waals surface area (Å²) >= 11 is 0. The van der Waals surface area contributed by atoms with Gasteiger partial charge in [-0.3, -0.25) is 4.79 Å². The molecular weight excluding hydrogens is 368 g/mol. The quantitative estimate of drug-likeness (QED) is 0.679. The lowest BCUT2D eigenvalue weighted by Gasteiger charge is -2.12. The summed E-state index contributed by atoms with van der Waals surface area (Å²) in [6.07, 6.45) is 0.561. The van der Waals surface area contributed by atoms with Crippen LogP contribution in [0.25, 0.3) is 0 Å². The molecule has 0 aliphatic carbocycles. The topological polar surface area (TPSA) is 108 Å². The van der Waals surface area contributed by atoms with Gasteiger partial charge in [0.2, 0.25) is 10.0 Å². The van der Waals surface area contributed by atoms with Crippen LogP contribution in [-0.2, 0) is 16.4 Å². The van der Waals surface area contributed by atoms with Crippen LogP contribution >= 0.6 is 0 Å². The normalized spacial score (nSPS) is 11.1. The average molecular weight is 392 g/mol. The van der Waals surface area contributed by atoms with Gasteiger partial charge in [0.25, 0.3) is 5.91 Å². The number of ether oxygens (including phenoxy) is 2. The SMILES string of the molecule is CCOc1ccc(C(=O)NCCc2ccc(S(N)(=O)=O)cc2)cc1OCC. The van der Waals surface area contributed by atoms with E-state index in [2.05, 4.69) is 5.32 Å². The molecule has 0 aliphatic heterocycles. The molecule has 7 nitrogen and oxygen atoms in total. The molecule has 3 N–H and O–H groups in total. The van der Waals surface area contributed by atoms with Crippen molar-refractivity contribution in [3.05, 3.63) is 53.6 Å². The van der Waals surface area contributed by atoms with E-state index >= 15 is 0 Å². The van der Waals surface area contributed by atoms with Gasteiger partial charge in [-0.05, 0) is 56.2 Å². The second-order valence-electron chi connectivity index (χ2n) is 5.72. The van der Waals surface area contributed by atoms with E-state index in [1.165, 1.54) is 12.1 Å². The van der Waals surface area contributed by atoms with E-state index < -0.39 is 10.0 Å². The Morgan fingerprint density at radius 1 is 1.00 bits per heavy atom. The van der Waals surface area contributed by atoms with Crippen LogP contribution in [0, 0.1) is 0 Å². The smallest absolute Gasteiger partial charge is 0.251 e. The van der Waals surface area contributed by atoms with Gasteiger partial charge >= 0.3 is 0 Å². The predicted molar refractivity (Wildman–Crippen MR) is 103 cm³/mol. The molecule has 0 saturated carbocycles. The van der Waals surface area contributed by atoms with Crippen molar-refractivity contribution in [1.82, 2.24) is 5.32 Å². The maximum atomic E-state index is 12.3. The zero-order valence-corrected chi connectivity index (χ0v) is 16.2. The van der Waals surface area contributed by atoms with Gasteiger partial charge in [0.05, 0.1) is 18.1 Å². The molecule has 1 amide bonds. The van der Waals surface area contributed by atoms with Crippen LogP contribution in [0.4, 0.5) is 0 Å². The maximum Gasteiger partial charge on any atom is 0.251 e. The molecule has 8 heteroatoms. The summed E-state index contributed by atoms with van der Waals surface area (Å²) in [7, 11) is -3.70. The highest BCUT2D eigenvalue weighted by Gasteiger charge is 2.11. The third-order valence-corrected chi connectivity index (χ3v) is 4.69. The number of nitrogens with one attached hydrogen (secondary N) is 1. The van der Waals surface area contributed by atoms with Crippen LogP contribution in [0.15, 0.2) is 47.4 Å². The fourth-order valence-electron chi connectivity index (χ4n) is 2.46. The number of benzene rings is 2. The Balaban J connectivity index is 1.96. The minimum absolute atomic E-state index is 0.0631. The van der Waals surface area contributed by atoms with E-state index in [0.717, 1.165) is 5.56 Å². The van der Waals surface area contributed by atoms with Crippen LogP contribution in [0.2, 0.25) is 0 Å². The highest BCUT2D eigenvalue weighted by atomic mass is 32.2. The third-order valence-electron chi connectivity index (χ3n) is 3.76. The van der Waals surface area contributed by atoms with E-state index in [0.29, 0.717) is 43.2 Å². The van der Waals surface area contributed by atoms with Crippen molar-refractivity contribution >= 4 is 15.9 Å². The van der Waals surface area contributed by atoms with Crippen molar-refractivity contribution in [2.75, 3.05) is 19.8 Å². The summed E-state index contributed by atoms with van der Waals surface area (Å²) in [6.45, 7) is 5.13. The summed E-state index contributed by atoms with van der Waals surface area (Å²) in [5.74, 6) is 0.914. The molecule has 0 heterocycles. The number of primary sulfonamides is 1. The number of hydrogen-bond donors (Lipinski definition) is 2. The number of sulfonamides is 1. The predicted octanol–water partition coefficient (Wildman–Crippen LogP) is 2.10. The molecule has 0 spiro atoms. The Morgan fingerprint density at radius 2 is 1.63 bits per heavy atom. The number of nitrogens with two attached hydrogens (primary N) is 1. The van der Waals surface area contributed by atoms with Gasteiger partial charge in [0.1, 0.15) is 0 Å². The standard InChI is InChI=1S/C19H24N2O5S/c1-3-25-17-10-7-15(13-18(17)26-4-2)19(22)21-12-11-14-5-8-16(9-6-14)27(20,23)24/h5-10,13H,3-4,11-12H2,1-2H3,(H,21,22)(H2,20,23,24). The van der Waals surface area contributed by atoms with Gasteiger partial charge in [-0.1, -0.05) is 12.1 Å². The number of carbonyl (C=O) groups is 1. The van der Waals surface area contributed by atoms with Crippen LogP contribution in [0.3, 0.4) is 0 Å². The number of amides is 1. The molecule has 27 heavy (non-hydrogen) atoms. The Morgan fingerprint density at radius 3 is 2.22 bits per heavy atom. The highest BCUT2D eigenvalue weighted by Crippen LogP contribution is 2.28. The fraction of sp³-hybridized carbons (Fsp3) is 0.316. The number of hydrogen-bond acceptors (Lipinski definition) is 5. The second-order valence-corrected chi connectivity index (χ2v) is 7.28. The van der Waals surface area contributed by atoms with Crippen LogP contribution in [0.5, 0.6) is 11.5 Å². The van der Waals surface area contributed by atoms with Gasteiger partial charge in [-0.15, -0.1) is 0 Å². The fourth-order valence-corrected chi connectivity index (χ4v) is 2.98. The lowest BCUT2D eigenvalue weighted by atomic mass is 10.1. The molecule has 2 aromatic carbocycles. The summed E-state index contributed by atoms with van der Waals surface area (Å²) in [5, 5.41) is 7.91. The van der Waals surface area contributed by atoms with Gasteiger partial charge in [0, 0.05) is 12.1 Å². The molecule has 2 aromatic rings. The molecule has 2 rings (SSSR count). The minimum Gasteiger partial charge on any atom is -0.490 e. The van der Waals surface area contributed by atoms with Crippen molar-refractivity contribution in [1.29, 1.82) is 0 Å². The first-order valence-electron chi connectivity index (χ1n) is 8.64. The molecule has 0 saturated heterocycles. The van der Waals surface area contributed by atoms with Crippen molar-refractivity contribution in [2.24, 2.45) is 5.14 Å². The second kappa shape index (κ2) is 9.38. The summed E-state index contributed by atoms with van der Waals surface area (Å²) < 4.78 is 33.5. The monoisotopic (exact) mass is 392 g/mol. The molecule has 0 fully saturated rings. The Labute approximate surface area is 159 Å². The first-order chi connectivity index (χ1) is 12.8. The third kappa shape index (κ3) is 5.97. The van der Waals surface area contributed by atoms with E-state index in [-0.39, 0.29) is 10.8 Å². The molecule has 0 unspecified atom stereocenters. The first kappa shape index (κ1) is 20.7. The molecule has 0 aromatic heterocycles. The molecule has 0 atom stereocenters. The zero-order chi connectivity index (χ0) is 19.9. The van der Waals surface area contributed by atoms with Gasteiger partial charge in [-0.2, -0.15) is 0 Å². The van der Waals surface area contributed by atoms with E-state index in [9.17, 15) is 13.2 Å². The first-order valence-corrected chi connectivity index (χ1v) is 10.2. The van der Waals surface area contributed by atoms with Crippen LogP contribution in [0.1, 0.15) is 29.8 Å². The molecule has 0 radical (unpaired) electrons. The summed E-state index contributed by atoms with van der Waals surface area (Å²) in [6, 6.07) is 11.3. The average Bonchev–Trinajstić information content (AvgIpc) is 2.63. The molecule has 0 aliphatic rings. The lowest BCUT2D eigenvalue weighted by molar-refractivity contribution is 0.0953. The highest BCUT2D eigenvalue weighted by molar-refractivity contribution is 7.89. The Hall–Kier alpha value is -2.58. The minimum atomic E-state index is -3.70. The lowest BCUT2D eigenvalue weighted by Crippen LogP contribution is -2.25. The summed E-state index contributed by atoms with van der Waals surface area (Å²) in [5.41, 5.74) is 1.37.